The van der Waals surface area contributed by atoms with Crippen molar-refractivity contribution in [2.45, 2.75) is 32.6 Å². The fraction of sp³-hybridized carbons (Fsp3) is 0.450. The lowest BCUT2D eigenvalue weighted by Crippen LogP contribution is -2.43. The number of amides is 2. The van der Waals surface area contributed by atoms with Crippen LogP contribution in [-0.4, -0.2) is 41.3 Å². The molecule has 26 heavy (non-hydrogen) atoms. The normalized spacial score (nSPS) is 15.0. The fourth-order valence-corrected chi connectivity index (χ4v) is 3.15. The predicted molar refractivity (Wildman–Crippen MR) is 98.2 cm³/mol. The lowest BCUT2D eigenvalue weighted by Gasteiger charge is -2.31. The Labute approximate surface area is 153 Å². The molecule has 0 unspecified atom stereocenters. The summed E-state index contributed by atoms with van der Waals surface area (Å²) in [4.78, 5) is 30.8. The average Bonchev–Trinajstić information content (AvgIpc) is 3.15. The summed E-state index contributed by atoms with van der Waals surface area (Å²) < 4.78 is 5.49. The van der Waals surface area contributed by atoms with Crippen LogP contribution < -0.4 is 5.32 Å². The van der Waals surface area contributed by atoms with Gasteiger partial charge in [-0.3, -0.25) is 9.59 Å². The van der Waals surface area contributed by atoms with Crippen LogP contribution in [0.4, 0.5) is 0 Å². The van der Waals surface area contributed by atoms with Gasteiger partial charge in [0.15, 0.2) is 0 Å². The highest BCUT2D eigenvalue weighted by atomic mass is 16.3. The number of carbonyl (C=O) groups excluding carboxylic acids is 2. The third kappa shape index (κ3) is 4.50. The van der Waals surface area contributed by atoms with E-state index in [1.54, 1.807) is 6.26 Å². The number of piperidine rings is 1. The number of likely N-dealkylation sites (tertiary alicyclic amines) is 1. The second-order valence-electron chi connectivity index (χ2n) is 6.63. The molecule has 6 heteroatoms. The molecule has 1 N–H and O–H groups in total. The van der Waals surface area contributed by atoms with Crippen LogP contribution in [0.2, 0.25) is 0 Å². The third-order valence-corrected chi connectivity index (χ3v) is 4.67. The highest BCUT2D eigenvalue weighted by Gasteiger charge is 2.27. The molecule has 1 saturated heterocycles. The Morgan fingerprint density at radius 2 is 1.96 bits per heavy atom. The van der Waals surface area contributed by atoms with E-state index in [-0.39, 0.29) is 24.2 Å². The Morgan fingerprint density at radius 3 is 2.65 bits per heavy atom. The van der Waals surface area contributed by atoms with Gasteiger partial charge >= 0.3 is 0 Å². The van der Waals surface area contributed by atoms with Crippen molar-refractivity contribution in [3.05, 3.63) is 42.3 Å². The van der Waals surface area contributed by atoms with E-state index in [9.17, 15) is 9.59 Å². The lowest BCUT2D eigenvalue weighted by molar-refractivity contribution is -0.135. The monoisotopic (exact) mass is 355 g/mol. The summed E-state index contributed by atoms with van der Waals surface area (Å²) in [6.07, 6.45) is 4.14. The van der Waals surface area contributed by atoms with E-state index in [4.69, 9.17) is 4.42 Å². The Kier molecular flexibility index (Phi) is 6.04. The minimum Gasteiger partial charge on any atom is -0.444 e. The first-order valence-electron chi connectivity index (χ1n) is 9.22. The van der Waals surface area contributed by atoms with Crippen molar-refractivity contribution in [2.75, 3.05) is 19.6 Å². The van der Waals surface area contributed by atoms with Crippen molar-refractivity contribution in [3.63, 3.8) is 0 Å². The van der Waals surface area contributed by atoms with Crippen LogP contribution in [0, 0.1) is 5.92 Å². The second kappa shape index (κ2) is 8.65. The molecule has 1 fully saturated rings. The Hall–Kier alpha value is -2.63. The maximum Gasteiger partial charge on any atom is 0.228 e. The Morgan fingerprint density at radius 1 is 1.23 bits per heavy atom. The quantitative estimate of drug-likeness (QED) is 0.864. The van der Waals surface area contributed by atoms with Crippen LogP contribution in [0.5, 0.6) is 0 Å². The van der Waals surface area contributed by atoms with Crippen LogP contribution >= 0.6 is 0 Å². The minimum atomic E-state index is 0.0160. The largest absolute Gasteiger partial charge is 0.444 e. The van der Waals surface area contributed by atoms with Gasteiger partial charge in [-0.05, 0) is 31.4 Å². The second-order valence-corrected chi connectivity index (χ2v) is 6.63. The molecule has 0 aliphatic carbocycles. The number of hydrogen-bond acceptors (Lipinski definition) is 4. The van der Waals surface area contributed by atoms with Crippen LogP contribution in [0.1, 0.15) is 31.9 Å². The van der Waals surface area contributed by atoms with Crippen molar-refractivity contribution >= 4 is 11.8 Å². The van der Waals surface area contributed by atoms with E-state index < -0.39 is 0 Å². The van der Waals surface area contributed by atoms with Crippen molar-refractivity contribution in [2.24, 2.45) is 5.92 Å². The van der Waals surface area contributed by atoms with Gasteiger partial charge in [0, 0.05) is 31.1 Å². The van der Waals surface area contributed by atoms with E-state index >= 15 is 0 Å². The summed E-state index contributed by atoms with van der Waals surface area (Å²) in [7, 11) is 0. The van der Waals surface area contributed by atoms with Gasteiger partial charge in [0.1, 0.15) is 6.26 Å². The molecule has 0 atom stereocenters. The van der Waals surface area contributed by atoms with Gasteiger partial charge < -0.3 is 14.6 Å². The molecular weight excluding hydrogens is 330 g/mol. The zero-order chi connectivity index (χ0) is 18.4. The van der Waals surface area contributed by atoms with Gasteiger partial charge in [-0.15, -0.1) is 0 Å². The number of nitrogens with one attached hydrogen (secondary N) is 1. The van der Waals surface area contributed by atoms with Crippen LogP contribution in [-0.2, 0) is 16.0 Å². The smallest absolute Gasteiger partial charge is 0.228 e. The first-order valence-corrected chi connectivity index (χ1v) is 9.22. The molecular formula is C20H25N3O3. The number of nitrogens with zero attached hydrogens (tertiary/aromatic N) is 2. The van der Waals surface area contributed by atoms with Crippen molar-refractivity contribution in [3.8, 4) is 11.5 Å². The van der Waals surface area contributed by atoms with Crippen LogP contribution in [0.15, 0.2) is 41.0 Å². The third-order valence-electron chi connectivity index (χ3n) is 4.67. The Balaban J connectivity index is 1.50. The first kappa shape index (κ1) is 18.2. The molecule has 0 radical (unpaired) electrons. The van der Waals surface area contributed by atoms with Crippen molar-refractivity contribution < 1.29 is 14.0 Å². The summed E-state index contributed by atoms with van der Waals surface area (Å²) in [6.45, 7) is 3.99. The average molecular weight is 355 g/mol. The highest BCUT2D eigenvalue weighted by Crippen LogP contribution is 2.20. The van der Waals surface area contributed by atoms with Gasteiger partial charge in [-0.25, -0.2) is 4.98 Å². The van der Waals surface area contributed by atoms with E-state index in [0.717, 1.165) is 24.8 Å². The molecule has 1 aliphatic rings. The van der Waals surface area contributed by atoms with Gasteiger partial charge in [-0.1, -0.05) is 25.1 Å². The number of rotatable bonds is 6. The maximum atomic E-state index is 12.5. The number of oxazole rings is 1. The molecule has 1 aromatic carbocycles. The molecule has 1 aromatic heterocycles. The summed E-state index contributed by atoms with van der Waals surface area (Å²) in [5.74, 6) is 0.690. The van der Waals surface area contributed by atoms with Gasteiger partial charge in [0.2, 0.25) is 17.7 Å². The van der Waals surface area contributed by atoms with E-state index in [0.29, 0.717) is 31.2 Å². The van der Waals surface area contributed by atoms with Crippen molar-refractivity contribution in [1.82, 2.24) is 15.2 Å². The molecule has 3 rings (SSSR count). The zero-order valence-corrected chi connectivity index (χ0v) is 15.1. The van der Waals surface area contributed by atoms with Gasteiger partial charge in [0.05, 0.1) is 12.1 Å². The number of benzene rings is 1. The van der Waals surface area contributed by atoms with E-state index in [1.807, 2.05) is 42.2 Å². The van der Waals surface area contributed by atoms with Gasteiger partial charge in [-0.2, -0.15) is 0 Å². The molecule has 138 valence electrons. The summed E-state index contributed by atoms with van der Waals surface area (Å²) in [5, 5.41) is 2.94. The first-order chi connectivity index (χ1) is 12.7. The number of hydrogen-bond donors (Lipinski definition) is 1. The molecule has 2 aromatic rings. The van der Waals surface area contributed by atoms with Crippen molar-refractivity contribution in [1.29, 1.82) is 0 Å². The molecule has 0 bridgehead atoms. The van der Waals surface area contributed by atoms with Crippen LogP contribution in [0.25, 0.3) is 11.5 Å². The maximum absolute atomic E-state index is 12.5. The molecule has 0 saturated carbocycles. The zero-order valence-electron chi connectivity index (χ0n) is 15.1. The van der Waals surface area contributed by atoms with E-state index in [2.05, 4.69) is 10.3 Å². The standard InChI is InChI=1S/C20H25N3O3/c1-2-10-21-19(25)15-8-11-23(12-9-15)18(24)13-17-14-26-20(22-17)16-6-4-3-5-7-16/h3-7,14-15H,2,8-13H2,1H3,(H,21,25). The SMILES string of the molecule is CCCNC(=O)C1CCN(C(=O)Cc2coc(-c3ccccc3)n2)CC1. The Bertz CT molecular complexity index is 734. The molecule has 2 heterocycles. The molecule has 6 nitrogen and oxygen atoms in total. The van der Waals surface area contributed by atoms with Crippen LogP contribution in [0.3, 0.4) is 0 Å². The number of carbonyl (C=O) groups is 2. The molecule has 1 aliphatic heterocycles. The fourth-order valence-electron chi connectivity index (χ4n) is 3.15. The molecule has 0 spiro atoms. The highest BCUT2D eigenvalue weighted by molar-refractivity contribution is 5.80. The minimum absolute atomic E-state index is 0.0160. The topological polar surface area (TPSA) is 75.4 Å². The van der Waals surface area contributed by atoms with Gasteiger partial charge in [0.25, 0.3) is 0 Å². The summed E-state index contributed by atoms with van der Waals surface area (Å²) in [5.41, 5.74) is 1.53. The number of aromatic nitrogens is 1. The summed E-state index contributed by atoms with van der Waals surface area (Å²) in [6, 6.07) is 9.62. The predicted octanol–water partition coefficient (Wildman–Crippen LogP) is 2.65. The molecule has 2 amide bonds. The lowest BCUT2D eigenvalue weighted by atomic mass is 9.95. The van der Waals surface area contributed by atoms with E-state index in [1.165, 1.54) is 0 Å². The summed E-state index contributed by atoms with van der Waals surface area (Å²) >= 11 is 0.